The number of halogens is 1. The normalized spacial score (nSPS) is 13.4. The molecule has 2 N–H and O–H groups in total. The molecule has 1 heterocycles. The molecule has 1 aliphatic heterocycles. The molecule has 1 aliphatic rings. The zero-order valence-corrected chi connectivity index (χ0v) is 17.7. The molecule has 31 heavy (non-hydrogen) atoms. The van der Waals surface area contributed by atoms with Crippen LogP contribution in [0.3, 0.4) is 0 Å². The van der Waals surface area contributed by atoms with Gasteiger partial charge in [0.05, 0.1) is 20.6 Å². The summed E-state index contributed by atoms with van der Waals surface area (Å²) in [7, 11) is 0. The molecule has 0 unspecified atom stereocenters. The minimum Gasteiger partial charge on any atom is -0.366 e. The first-order valence-electron chi connectivity index (χ1n) is 9.36. The molecule has 0 spiro atoms. The lowest BCUT2D eigenvalue weighted by molar-refractivity contribution is -0.384. The van der Waals surface area contributed by atoms with Crippen LogP contribution in [0.2, 0.25) is 5.02 Å². The Morgan fingerprint density at radius 3 is 2.35 bits per heavy atom. The smallest absolute Gasteiger partial charge is 0.293 e. The van der Waals surface area contributed by atoms with Gasteiger partial charge in [0, 0.05) is 36.9 Å². The Hall–Kier alpha value is -3.31. The Kier molecular flexibility index (Phi) is 6.98. The number of piperidine rings is 1. The first-order valence-corrected chi connectivity index (χ1v) is 10.1. The molecule has 2 aromatic carbocycles. The number of non-ortho nitro benzene ring substituents is 1. The molecule has 1 fully saturated rings. The lowest BCUT2D eigenvalue weighted by atomic mass is 10.1. The van der Waals surface area contributed by atoms with Crippen LogP contribution in [0.4, 0.5) is 22.7 Å². The van der Waals surface area contributed by atoms with Crippen molar-refractivity contribution in [2.24, 2.45) is 0 Å². The van der Waals surface area contributed by atoms with Crippen LogP contribution in [0.15, 0.2) is 36.4 Å². The van der Waals surface area contributed by atoms with Crippen molar-refractivity contribution in [2.75, 3.05) is 23.3 Å². The minimum absolute atomic E-state index is 0.0484. The van der Waals surface area contributed by atoms with Gasteiger partial charge < -0.3 is 10.2 Å². The van der Waals surface area contributed by atoms with Gasteiger partial charge in [0.2, 0.25) is 0 Å². The van der Waals surface area contributed by atoms with Gasteiger partial charge in [-0.05, 0) is 49.7 Å². The summed E-state index contributed by atoms with van der Waals surface area (Å²) in [6.07, 6.45) is 3.02. The predicted molar refractivity (Wildman–Crippen MR) is 121 cm³/mol. The van der Waals surface area contributed by atoms with E-state index in [1.807, 2.05) is 4.90 Å². The Morgan fingerprint density at radius 1 is 1.03 bits per heavy atom. The largest absolute Gasteiger partial charge is 0.366 e. The first-order chi connectivity index (χ1) is 14.8. The van der Waals surface area contributed by atoms with Crippen LogP contribution in [-0.2, 0) is 0 Å². The number of nitrogens with one attached hydrogen (secondary N) is 2. The summed E-state index contributed by atoms with van der Waals surface area (Å²) < 4.78 is 0. The van der Waals surface area contributed by atoms with E-state index in [1.54, 1.807) is 6.07 Å². The molecule has 162 valence electrons. The van der Waals surface area contributed by atoms with E-state index in [0.29, 0.717) is 5.69 Å². The highest BCUT2D eigenvalue weighted by atomic mass is 35.5. The van der Waals surface area contributed by atoms with Gasteiger partial charge >= 0.3 is 0 Å². The van der Waals surface area contributed by atoms with Crippen LogP contribution in [0.1, 0.15) is 29.6 Å². The van der Waals surface area contributed by atoms with Gasteiger partial charge in [-0.3, -0.25) is 30.3 Å². The van der Waals surface area contributed by atoms with Crippen molar-refractivity contribution in [3.63, 3.8) is 0 Å². The van der Waals surface area contributed by atoms with Gasteiger partial charge in [0.1, 0.15) is 5.69 Å². The van der Waals surface area contributed by atoms with Crippen molar-refractivity contribution in [1.29, 1.82) is 0 Å². The van der Waals surface area contributed by atoms with Gasteiger partial charge in [-0.2, -0.15) is 0 Å². The fourth-order valence-corrected chi connectivity index (χ4v) is 3.69. The first kappa shape index (κ1) is 22.4. The molecule has 0 saturated carbocycles. The van der Waals surface area contributed by atoms with E-state index in [1.165, 1.54) is 24.3 Å². The van der Waals surface area contributed by atoms with Gasteiger partial charge in [-0.15, -0.1) is 0 Å². The number of nitro benzene ring substituents is 2. The molecule has 10 nitrogen and oxygen atoms in total. The number of benzene rings is 2. The number of hydrogen-bond donors (Lipinski definition) is 2. The fourth-order valence-electron chi connectivity index (χ4n) is 3.26. The summed E-state index contributed by atoms with van der Waals surface area (Å²) in [5.74, 6) is -0.635. The zero-order valence-electron chi connectivity index (χ0n) is 16.2. The Morgan fingerprint density at radius 2 is 1.74 bits per heavy atom. The Balaban J connectivity index is 1.72. The van der Waals surface area contributed by atoms with E-state index < -0.39 is 15.8 Å². The van der Waals surface area contributed by atoms with Crippen LogP contribution >= 0.6 is 23.8 Å². The maximum Gasteiger partial charge on any atom is 0.293 e. The van der Waals surface area contributed by atoms with Crippen LogP contribution < -0.4 is 15.5 Å². The second kappa shape index (κ2) is 9.67. The summed E-state index contributed by atoms with van der Waals surface area (Å²) in [5.41, 5.74) is 0.494. The molecule has 0 radical (unpaired) electrons. The summed E-state index contributed by atoms with van der Waals surface area (Å²) in [6.45, 7) is 1.47. The highest BCUT2D eigenvalue weighted by Crippen LogP contribution is 2.31. The highest BCUT2D eigenvalue weighted by Gasteiger charge is 2.23. The predicted octanol–water partition coefficient (Wildman–Crippen LogP) is 4.27. The second-order valence-corrected chi connectivity index (χ2v) is 7.65. The highest BCUT2D eigenvalue weighted by molar-refractivity contribution is 7.80. The van der Waals surface area contributed by atoms with Crippen molar-refractivity contribution < 1.29 is 14.6 Å². The third-order valence-electron chi connectivity index (χ3n) is 4.77. The van der Waals surface area contributed by atoms with Crippen molar-refractivity contribution in [1.82, 2.24) is 5.32 Å². The molecular formula is C19H18ClN5O5S. The average Bonchev–Trinajstić information content (AvgIpc) is 2.75. The minimum atomic E-state index is -0.635. The van der Waals surface area contributed by atoms with E-state index in [-0.39, 0.29) is 32.8 Å². The molecular weight excluding hydrogens is 446 g/mol. The third kappa shape index (κ3) is 5.44. The third-order valence-corrected chi connectivity index (χ3v) is 5.29. The number of rotatable bonds is 5. The number of nitrogens with zero attached hydrogens (tertiary/aromatic N) is 3. The van der Waals surface area contributed by atoms with Crippen molar-refractivity contribution >= 4 is 57.6 Å². The maximum absolute atomic E-state index is 12.5. The van der Waals surface area contributed by atoms with Crippen molar-refractivity contribution in [2.45, 2.75) is 19.3 Å². The summed E-state index contributed by atoms with van der Waals surface area (Å²) >= 11 is 11.1. The van der Waals surface area contributed by atoms with Crippen LogP contribution in [0.5, 0.6) is 0 Å². The van der Waals surface area contributed by atoms with Crippen LogP contribution in [-0.4, -0.2) is 34.0 Å². The SMILES string of the molecule is O=C(NC(=S)Nc1ccc([N+](=O)[O-])cc1Cl)c1ccc(N2CCCCC2)c([N+](=O)[O-])c1. The topological polar surface area (TPSA) is 131 Å². The number of hydrogen-bond acceptors (Lipinski definition) is 7. The average molecular weight is 464 g/mol. The fraction of sp³-hybridized carbons (Fsp3) is 0.263. The number of carbonyl (C=O) groups excluding carboxylic acids is 1. The number of anilines is 2. The molecule has 2 aromatic rings. The summed E-state index contributed by atoms with van der Waals surface area (Å²) in [4.78, 5) is 35.7. The summed E-state index contributed by atoms with van der Waals surface area (Å²) in [6, 6.07) is 8.05. The van der Waals surface area contributed by atoms with Crippen molar-refractivity contribution in [3.8, 4) is 0 Å². The second-order valence-electron chi connectivity index (χ2n) is 6.84. The molecule has 3 rings (SSSR count). The van der Waals surface area contributed by atoms with Gasteiger partial charge in [0.25, 0.3) is 17.3 Å². The van der Waals surface area contributed by atoms with Gasteiger partial charge in [-0.1, -0.05) is 11.6 Å². The Labute approximate surface area is 187 Å². The number of carbonyl (C=O) groups is 1. The van der Waals surface area contributed by atoms with Crippen molar-refractivity contribution in [3.05, 3.63) is 67.2 Å². The van der Waals surface area contributed by atoms with E-state index in [0.717, 1.165) is 38.4 Å². The number of thiocarbonyl (C=S) groups is 1. The standard InChI is InChI=1S/C19H18ClN5O5S/c20-14-11-13(24(27)28)5-6-15(14)21-19(31)22-18(26)12-4-7-16(17(10-12)25(29)30)23-8-2-1-3-9-23/h4-7,10-11H,1-3,8-9H2,(H2,21,22,26,31). The molecule has 0 aliphatic carbocycles. The molecule has 1 saturated heterocycles. The molecule has 1 amide bonds. The molecule has 0 aromatic heterocycles. The lowest BCUT2D eigenvalue weighted by Crippen LogP contribution is -2.34. The van der Waals surface area contributed by atoms with E-state index in [4.69, 9.17) is 23.8 Å². The zero-order chi connectivity index (χ0) is 22.5. The van der Waals surface area contributed by atoms with Crippen LogP contribution in [0, 0.1) is 20.2 Å². The van der Waals surface area contributed by atoms with Crippen LogP contribution in [0.25, 0.3) is 0 Å². The number of nitro groups is 2. The van der Waals surface area contributed by atoms with E-state index >= 15 is 0 Å². The lowest BCUT2D eigenvalue weighted by Gasteiger charge is -2.28. The molecule has 0 atom stereocenters. The molecule has 12 heteroatoms. The molecule has 0 bridgehead atoms. The maximum atomic E-state index is 12.5. The summed E-state index contributed by atoms with van der Waals surface area (Å²) in [5, 5.41) is 27.4. The monoisotopic (exact) mass is 463 g/mol. The number of amides is 1. The van der Waals surface area contributed by atoms with Gasteiger partial charge in [0.15, 0.2) is 5.11 Å². The quantitative estimate of drug-likeness (QED) is 0.381. The van der Waals surface area contributed by atoms with E-state index in [9.17, 15) is 25.0 Å². The van der Waals surface area contributed by atoms with Gasteiger partial charge in [-0.25, -0.2) is 0 Å². The van der Waals surface area contributed by atoms with E-state index in [2.05, 4.69) is 10.6 Å². The Bertz CT molecular complexity index is 1060.